The van der Waals surface area contributed by atoms with Gasteiger partial charge in [-0.1, -0.05) is 6.42 Å². The van der Waals surface area contributed by atoms with Gasteiger partial charge in [-0.2, -0.15) is 0 Å². The van der Waals surface area contributed by atoms with Gasteiger partial charge in [0.25, 0.3) is 0 Å². The van der Waals surface area contributed by atoms with E-state index in [9.17, 15) is 4.79 Å². The Morgan fingerprint density at radius 1 is 1.37 bits per heavy atom. The fourth-order valence-corrected chi connectivity index (χ4v) is 2.67. The summed E-state index contributed by atoms with van der Waals surface area (Å²) in [4.78, 5) is 11.9. The van der Waals surface area contributed by atoms with E-state index in [1.807, 2.05) is 6.92 Å². The lowest BCUT2D eigenvalue weighted by Gasteiger charge is -2.28. The highest BCUT2D eigenvalue weighted by atomic mass is 16.5. The van der Waals surface area contributed by atoms with Crippen LogP contribution < -0.4 is 5.73 Å². The van der Waals surface area contributed by atoms with E-state index in [4.69, 9.17) is 19.9 Å². The van der Waals surface area contributed by atoms with Crippen LogP contribution in [0.2, 0.25) is 0 Å². The Morgan fingerprint density at radius 3 is 2.84 bits per heavy atom. The Labute approximate surface area is 115 Å². The van der Waals surface area contributed by atoms with Crippen molar-refractivity contribution in [3.05, 3.63) is 0 Å². The molecule has 0 amide bonds. The van der Waals surface area contributed by atoms with Crippen molar-refractivity contribution >= 4 is 5.97 Å². The van der Waals surface area contributed by atoms with Crippen LogP contribution in [0.3, 0.4) is 0 Å². The fourth-order valence-electron chi connectivity index (χ4n) is 2.67. The third kappa shape index (κ3) is 4.75. The number of methoxy groups -OCH3 is 1. The number of hydrogen-bond donors (Lipinski definition) is 1. The number of hydrogen-bond acceptors (Lipinski definition) is 5. The molecule has 0 aromatic rings. The molecule has 2 unspecified atom stereocenters. The molecule has 5 heteroatoms. The summed E-state index contributed by atoms with van der Waals surface area (Å²) in [5, 5.41) is 0. The predicted octanol–water partition coefficient (Wildman–Crippen LogP) is 1.49. The highest BCUT2D eigenvalue weighted by molar-refractivity contribution is 5.81. The molecule has 1 aliphatic carbocycles. The Morgan fingerprint density at radius 2 is 2.16 bits per heavy atom. The molecule has 19 heavy (non-hydrogen) atoms. The lowest BCUT2D eigenvalue weighted by Crippen LogP contribution is -2.52. The van der Waals surface area contributed by atoms with E-state index in [1.165, 1.54) is 0 Å². The minimum absolute atomic E-state index is 0.175. The van der Waals surface area contributed by atoms with Crippen molar-refractivity contribution in [2.45, 2.75) is 44.6 Å². The van der Waals surface area contributed by atoms with E-state index >= 15 is 0 Å². The number of carbonyl (C=O) groups is 1. The molecule has 0 aromatic heterocycles. The molecule has 0 aromatic carbocycles. The van der Waals surface area contributed by atoms with E-state index in [0.717, 1.165) is 32.1 Å². The van der Waals surface area contributed by atoms with Crippen LogP contribution in [0.4, 0.5) is 0 Å². The van der Waals surface area contributed by atoms with Crippen LogP contribution in [0.15, 0.2) is 0 Å². The van der Waals surface area contributed by atoms with Gasteiger partial charge in [-0.15, -0.1) is 0 Å². The van der Waals surface area contributed by atoms with Crippen molar-refractivity contribution in [1.29, 1.82) is 0 Å². The topological polar surface area (TPSA) is 70.8 Å². The third-order valence-corrected chi connectivity index (χ3v) is 3.77. The molecular weight excluding hydrogens is 246 g/mol. The maximum atomic E-state index is 11.9. The molecule has 1 aliphatic rings. The van der Waals surface area contributed by atoms with Crippen molar-refractivity contribution in [2.75, 3.05) is 33.5 Å². The van der Waals surface area contributed by atoms with Crippen LogP contribution in [0, 0.1) is 5.92 Å². The normalized spacial score (nSPS) is 26.6. The molecule has 2 N–H and O–H groups in total. The first kappa shape index (κ1) is 16.4. The number of rotatable bonds is 9. The van der Waals surface area contributed by atoms with Gasteiger partial charge >= 0.3 is 5.97 Å². The highest BCUT2D eigenvalue weighted by Gasteiger charge is 2.46. The Kier molecular flexibility index (Phi) is 7.34. The first-order valence-corrected chi connectivity index (χ1v) is 7.18. The summed E-state index contributed by atoms with van der Waals surface area (Å²) in [6.45, 7) is 4.25. The summed E-state index contributed by atoms with van der Waals surface area (Å²) >= 11 is 0. The highest BCUT2D eigenvalue weighted by Crippen LogP contribution is 2.37. The van der Waals surface area contributed by atoms with E-state index in [0.29, 0.717) is 26.4 Å². The third-order valence-electron chi connectivity index (χ3n) is 3.77. The maximum Gasteiger partial charge on any atom is 0.326 e. The van der Waals surface area contributed by atoms with E-state index in [1.54, 1.807) is 7.11 Å². The van der Waals surface area contributed by atoms with Gasteiger partial charge < -0.3 is 19.9 Å². The van der Waals surface area contributed by atoms with Gasteiger partial charge in [0.2, 0.25) is 0 Å². The molecule has 0 radical (unpaired) electrons. The number of esters is 1. The molecule has 0 heterocycles. The van der Waals surface area contributed by atoms with Crippen molar-refractivity contribution in [3.8, 4) is 0 Å². The molecule has 5 nitrogen and oxygen atoms in total. The second-order valence-corrected chi connectivity index (χ2v) is 5.10. The first-order chi connectivity index (χ1) is 9.15. The van der Waals surface area contributed by atoms with Gasteiger partial charge in [-0.3, -0.25) is 4.79 Å². The molecular formula is C14H27NO4. The molecule has 1 fully saturated rings. The SMILES string of the molecule is CCOC(=O)C1(N)CCCC1CCOCCCOC. The van der Waals surface area contributed by atoms with E-state index in [2.05, 4.69) is 0 Å². The molecule has 0 spiro atoms. The monoisotopic (exact) mass is 273 g/mol. The molecule has 2 atom stereocenters. The zero-order valence-corrected chi connectivity index (χ0v) is 12.2. The summed E-state index contributed by atoms with van der Waals surface area (Å²) in [7, 11) is 1.68. The zero-order valence-electron chi connectivity index (χ0n) is 12.2. The van der Waals surface area contributed by atoms with Crippen LogP contribution in [0.5, 0.6) is 0 Å². The van der Waals surface area contributed by atoms with Crippen molar-refractivity contribution in [2.24, 2.45) is 11.7 Å². The van der Waals surface area contributed by atoms with Gasteiger partial charge in [-0.05, 0) is 38.5 Å². The van der Waals surface area contributed by atoms with Crippen LogP contribution in [0.1, 0.15) is 39.0 Å². The average Bonchev–Trinajstić information content (AvgIpc) is 2.77. The Bertz CT molecular complexity index is 272. The summed E-state index contributed by atoms with van der Waals surface area (Å²) in [5.41, 5.74) is 5.45. The summed E-state index contributed by atoms with van der Waals surface area (Å²) in [6, 6.07) is 0. The van der Waals surface area contributed by atoms with Crippen molar-refractivity contribution < 1.29 is 19.0 Å². The van der Waals surface area contributed by atoms with Crippen LogP contribution in [-0.2, 0) is 19.0 Å². The quantitative estimate of drug-likeness (QED) is 0.509. The van der Waals surface area contributed by atoms with Gasteiger partial charge in [0, 0.05) is 26.9 Å². The van der Waals surface area contributed by atoms with Crippen molar-refractivity contribution in [1.82, 2.24) is 0 Å². The van der Waals surface area contributed by atoms with Gasteiger partial charge in [0.1, 0.15) is 5.54 Å². The summed E-state index contributed by atoms with van der Waals surface area (Å²) in [6.07, 6.45) is 4.41. The van der Waals surface area contributed by atoms with Crippen molar-refractivity contribution in [3.63, 3.8) is 0 Å². The summed E-state index contributed by atoms with van der Waals surface area (Å²) in [5.74, 6) is -0.0779. The second-order valence-electron chi connectivity index (χ2n) is 5.10. The average molecular weight is 273 g/mol. The minimum atomic E-state index is -0.800. The summed E-state index contributed by atoms with van der Waals surface area (Å²) < 4.78 is 15.6. The van der Waals surface area contributed by atoms with Gasteiger partial charge in [0.15, 0.2) is 0 Å². The standard InChI is InChI=1S/C14H27NO4/c1-3-19-13(16)14(15)8-4-6-12(14)7-11-18-10-5-9-17-2/h12H,3-11,15H2,1-2H3. The lowest BCUT2D eigenvalue weighted by molar-refractivity contribution is -0.151. The molecule has 1 saturated carbocycles. The largest absolute Gasteiger partial charge is 0.465 e. The molecule has 0 bridgehead atoms. The van der Waals surface area contributed by atoms with E-state index in [-0.39, 0.29) is 11.9 Å². The van der Waals surface area contributed by atoms with Crippen LogP contribution in [0.25, 0.3) is 0 Å². The number of ether oxygens (including phenoxy) is 3. The van der Waals surface area contributed by atoms with Gasteiger partial charge in [-0.25, -0.2) is 0 Å². The maximum absolute atomic E-state index is 11.9. The minimum Gasteiger partial charge on any atom is -0.465 e. The van der Waals surface area contributed by atoms with E-state index < -0.39 is 5.54 Å². The van der Waals surface area contributed by atoms with Gasteiger partial charge in [0.05, 0.1) is 6.61 Å². The second kappa shape index (κ2) is 8.51. The predicted molar refractivity (Wildman–Crippen MR) is 72.8 cm³/mol. The molecule has 112 valence electrons. The van der Waals surface area contributed by atoms with Crippen LogP contribution in [-0.4, -0.2) is 45.0 Å². The Hall–Kier alpha value is -0.650. The Balaban J connectivity index is 2.29. The molecule has 1 rings (SSSR count). The zero-order chi connectivity index (χ0) is 14.1. The smallest absolute Gasteiger partial charge is 0.326 e. The number of carbonyl (C=O) groups excluding carboxylic acids is 1. The number of nitrogens with two attached hydrogens (primary N) is 1. The lowest BCUT2D eigenvalue weighted by atomic mass is 9.86. The fraction of sp³-hybridized carbons (Fsp3) is 0.929. The molecule has 0 saturated heterocycles. The molecule has 0 aliphatic heterocycles. The first-order valence-electron chi connectivity index (χ1n) is 7.18. The van der Waals surface area contributed by atoms with Crippen LogP contribution >= 0.6 is 0 Å².